The fourth-order valence-electron chi connectivity index (χ4n) is 2.48. The molecular formula is C13H26F3NO. The van der Waals surface area contributed by atoms with E-state index in [-0.39, 0.29) is 18.1 Å². The Morgan fingerprint density at radius 2 is 1.67 bits per heavy atom. The first kappa shape index (κ1) is 17.7. The maximum absolute atomic E-state index is 12.2. The number of hydrogen-bond donors (Lipinski definition) is 1. The summed E-state index contributed by atoms with van der Waals surface area (Å²) in [7, 11) is 1.64. The molecule has 0 aromatic heterocycles. The van der Waals surface area contributed by atoms with Crippen LogP contribution in [0.2, 0.25) is 0 Å². The highest BCUT2D eigenvalue weighted by Gasteiger charge is 2.36. The van der Waals surface area contributed by atoms with Gasteiger partial charge in [0.15, 0.2) is 0 Å². The molecule has 5 heteroatoms. The van der Waals surface area contributed by atoms with Crippen LogP contribution in [0.15, 0.2) is 0 Å². The monoisotopic (exact) mass is 269 g/mol. The molecule has 0 aliphatic rings. The Morgan fingerprint density at radius 3 is 2.00 bits per heavy atom. The van der Waals surface area contributed by atoms with Crippen molar-refractivity contribution < 1.29 is 17.9 Å². The number of hydrogen-bond acceptors (Lipinski definition) is 2. The summed E-state index contributed by atoms with van der Waals surface area (Å²) >= 11 is 0. The molecule has 0 spiro atoms. The second-order valence-corrected chi connectivity index (χ2v) is 4.59. The normalized spacial score (nSPS) is 14.8. The summed E-state index contributed by atoms with van der Waals surface area (Å²) in [6, 6.07) is -0.0233. The zero-order chi connectivity index (χ0) is 14.2. The molecule has 2 nitrogen and oxygen atoms in total. The second-order valence-electron chi connectivity index (χ2n) is 4.59. The molecule has 0 heterocycles. The Kier molecular flexibility index (Phi) is 7.87. The number of methoxy groups -OCH3 is 1. The van der Waals surface area contributed by atoms with Crippen molar-refractivity contribution in [3.63, 3.8) is 0 Å². The van der Waals surface area contributed by atoms with Gasteiger partial charge in [0, 0.05) is 19.6 Å². The molecule has 1 atom stereocenters. The smallest absolute Gasteiger partial charge is 0.377 e. The Hall–Kier alpha value is -0.290. The molecule has 0 saturated carbocycles. The van der Waals surface area contributed by atoms with Gasteiger partial charge in [0.1, 0.15) is 0 Å². The largest absolute Gasteiger partial charge is 0.389 e. The van der Waals surface area contributed by atoms with Crippen molar-refractivity contribution in [2.45, 2.75) is 70.7 Å². The van der Waals surface area contributed by atoms with Crippen LogP contribution in [0, 0.1) is 0 Å². The Balaban J connectivity index is 4.53. The number of nitrogens with one attached hydrogen (secondary N) is 1. The van der Waals surface area contributed by atoms with E-state index >= 15 is 0 Å². The van der Waals surface area contributed by atoms with Crippen LogP contribution in [0.25, 0.3) is 0 Å². The average molecular weight is 269 g/mol. The van der Waals surface area contributed by atoms with E-state index in [4.69, 9.17) is 4.74 Å². The van der Waals surface area contributed by atoms with Crippen LogP contribution in [-0.4, -0.2) is 31.5 Å². The van der Waals surface area contributed by atoms with Crippen molar-refractivity contribution in [1.82, 2.24) is 5.32 Å². The lowest BCUT2D eigenvalue weighted by Gasteiger charge is -2.39. The summed E-state index contributed by atoms with van der Waals surface area (Å²) in [5.74, 6) is 0. The molecular weight excluding hydrogens is 243 g/mol. The van der Waals surface area contributed by atoms with Crippen LogP contribution in [0.4, 0.5) is 13.2 Å². The summed E-state index contributed by atoms with van der Waals surface area (Å²) in [5, 5.41) is 3.27. The van der Waals surface area contributed by atoms with Gasteiger partial charge in [0.25, 0.3) is 0 Å². The third-order valence-corrected chi connectivity index (χ3v) is 3.64. The minimum atomic E-state index is -4.06. The lowest BCUT2D eigenvalue weighted by atomic mass is 9.85. The van der Waals surface area contributed by atoms with E-state index in [9.17, 15) is 13.2 Å². The summed E-state index contributed by atoms with van der Waals surface area (Å²) in [4.78, 5) is 0. The third kappa shape index (κ3) is 5.57. The standard InChI is InChI=1S/C13H26F3NO/c1-5-12(6-2,18-4)11(17-7-3)9-8-10-13(14,15)16/h11,17H,5-10H2,1-4H3. The zero-order valence-electron chi connectivity index (χ0n) is 11.9. The fourth-order valence-corrected chi connectivity index (χ4v) is 2.48. The topological polar surface area (TPSA) is 21.3 Å². The van der Waals surface area contributed by atoms with Gasteiger partial charge in [-0.15, -0.1) is 0 Å². The molecule has 1 N–H and O–H groups in total. The van der Waals surface area contributed by atoms with E-state index in [1.165, 1.54) is 0 Å². The van der Waals surface area contributed by atoms with Gasteiger partial charge in [-0.1, -0.05) is 20.8 Å². The van der Waals surface area contributed by atoms with Gasteiger partial charge in [-0.25, -0.2) is 0 Å². The maximum atomic E-state index is 12.2. The van der Waals surface area contributed by atoms with Crippen molar-refractivity contribution in [2.75, 3.05) is 13.7 Å². The van der Waals surface area contributed by atoms with Gasteiger partial charge >= 0.3 is 6.18 Å². The lowest BCUT2D eigenvalue weighted by Crippen LogP contribution is -2.51. The molecule has 18 heavy (non-hydrogen) atoms. The van der Waals surface area contributed by atoms with Gasteiger partial charge < -0.3 is 10.1 Å². The fraction of sp³-hybridized carbons (Fsp3) is 1.00. The molecule has 0 rings (SSSR count). The minimum absolute atomic E-state index is 0.0233. The number of likely N-dealkylation sites (N-methyl/N-ethyl adjacent to an activating group) is 1. The molecule has 110 valence electrons. The molecule has 0 amide bonds. The van der Waals surface area contributed by atoms with Crippen LogP contribution in [-0.2, 0) is 4.74 Å². The van der Waals surface area contributed by atoms with Gasteiger partial charge in [-0.05, 0) is 32.2 Å². The summed E-state index contributed by atoms with van der Waals surface area (Å²) in [6.45, 7) is 6.73. The van der Waals surface area contributed by atoms with Crippen molar-refractivity contribution in [3.8, 4) is 0 Å². The van der Waals surface area contributed by atoms with Crippen molar-refractivity contribution in [1.29, 1.82) is 0 Å². The van der Waals surface area contributed by atoms with Crippen LogP contribution >= 0.6 is 0 Å². The summed E-state index contributed by atoms with van der Waals surface area (Å²) < 4.78 is 42.1. The molecule has 0 aromatic carbocycles. The molecule has 0 aromatic rings. The highest BCUT2D eigenvalue weighted by Crippen LogP contribution is 2.29. The van der Waals surface area contributed by atoms with E-state index in [0.717, 1.165) is 19.4 Å². The van der Waals surface area contributed by atoms with Gasteiger partial charge in [-0.2, -0.15) is 13.2 Å². The number of rotatable bonds is 9. The van der Waals surface area contributed by atoms with Crippen molar-refractivity contribution in [2.24, 2.45) is 0 Å². The maximum Gasteiger partial charge on any atom is 0.389 e. The summed E-state index contributed by atoms with van der Waals surface area (Å²) in [5.41, 5.74) is -0.360. The first-order chi connectivity index (χ1) is 8.35. The van der Waals surface area contributed by atoms with Crippen molar-refractivity contribution >= 4 is 0 Å². The molecule has 0 radical (unpaired) electrons. The molecule has 0 fully saturated rings. The highest BCUT2D eigenvalue weighted by molar-refractivity contribution is 4.91. The molecule has 1 unspecified atom stereocenters. The molecule has 0 aliphatic heterocycles. The van der Waals surface area contributed by atoms with E-state index in [2.05, 4.69) is 5.32 Å². The number of ether oxygens (including phenoxy) is 1. The molecule has 0 bridgehead atoms. The first-order valence-corrected chi connectivity index (χ1v) is 6.70. The number of alkyl halides is 3. The second kappa shape index (κ2) is 8.00. The third-order valence-electron chi connectivity index (χ3n) is 3.64. The van der Waals surface area contributed by atoms with Crippen molar-refractivity contribution in [3.05, 3.63) is 0 Å². The number of halogens is 3. The lowest BCUT2D eigenvalue weighted by molar-refractivity contribution is -0.137. The van der Waals surface area contributed by atoms with Crippen LogP contribution in [0.1, 0.15) is 52.9 Å². The Bertz CT molecular complexity index is 207. The SMILES string of the molecule is CCNC(CCCC(F)(F)F)C(CC)(CC)OC. The van der Waals surface area contributed by atoms with E-state index < -0.39 is 12.6 Å². The van der Waals surface area contributed by atoms with Crippen LogP contribution in [0.3, 0.4) is 0 Å². The first-order valence-electron chi connectivity index (χ1n) is 6.70. The Morgan fingerprint density at radius 1 is 1.11 bits per heavy atom. The van der Waals surface area contributed by atoms with E-state index in [1.807, 2.05) is 20.8 Å². The predicted molar refractivity (Wildman–Crippen MR) is 67.7 cm³/mol. The molecule has 0 saturated heterocycles. The van der Waals surface area contributed by atoms with Gasteiger partial charge in [0.05, 0.1) is 5.60 Å². The summed E-state index contributed by atoms with van der Waals surface area (Å²) in [6.07, 6.45) is -2.56. The van der Waals surface area contributed by atoms with Gasteiger partial charge in [-0.3, -0.25) is 0 Å². The van der Waals surface area contributed by atoms with Crippen LogP contribution in [0.5, 0.6) is 0 Å². The predicted octanol–water partition coefficient (Wildman–Crippen LogP) is 3.90. The quantitative estimate of drug-likeness (QED) is 0.685. The highest BCUT2D eigenvalue weighted by atomic mass is 19.4. The minimum Gasteiger partial charge on any atom is -0.377 e. The molecule has 0 aliphatic carbocycles. The zero-order valence-corrected chi connectivity index (χ0v) is 11.9. The average Bonchev–Trinajstić information content (AvgIpc) is 2.30. The Labute approximate surface area is 108 Å². The van der Waals surface area contributed by atoms with Gasteiger partial charge in [0.2, 0.25) is 0 Å². The van der Waals surface area contributed by atoms with E-state index in [1.54, 1.807) is 7.11 Å². The van der Waals surface area contributed by atoms with E-state index in [0.29, 0.717) is 6.42 Å². The van der Waals surface area contributed by atoms with Crippen LogP contribution < -0.4 is 5.32 Å².